The fourth-order valence-electron chi connectivity index (χ4n) is 4.31. The van der Waals surface area contributed by atoms with Crippen molar-refractivity contribution in [1.29, 1.82) is 0 Å². The van der Waals surface area contributed by atoms with Gasteiger partial charge in [0.2, 0.25) is 0 Å². The van der Waals surface area contributed by atoms with Crippen LogP contribution in [-0.4, -0.2) is 24.6 Å². The van der Waals surface area contributed by atoms with E-state index in [0.717, 1.165) is 37.6 Å². The second-order valence-corrected chi connectivity index (χ2v) is 7.51. The maximum atomic E-state index is 13.4. The number of halogens is 3. The highest BCUT2D eigenvalue weighted by atomic mass is 19.4. The summed E-state index contributed by atoms with van der Waals surface area (Å²) in [6.07, 6.45) is 2.39. The average molecular weight is 400 g/mol. The van der Waals surface area contributed by atoms with Crippen LogP contribution in [0.2, 0.25) is 0 Å². The minimum absolute atomic E-state index is 0.0331. The first kappa shape index (κ1) is 18.0. The number of hydrogen-bond donors (Lipinski definition) is 2. The summed E-state index contributed by atoms with van der Waals surface area (Å²) >= 11 is 0. The molecule has 9 heteroatoms. The minimum atomic E-state index is -4.45. The van der Waals surface area contributed by atoms with Crippen LogP contribution in [0, 0.1) is 0 Å². The number of nitrogens with zero attached hydrogens (tertiary/aromatic N) is 4. The molecule has 3 heterocycles. The third kappa shape index (κ3) is 2.92. The third-order valence-electron chi connectivity index (χ3n) is 5.67. The summed E-state index contributed by atoms with van der Waals surface area (Å²) in [5.74, 6) is 1.28. The van der Waals surface area contributed by atoms with Crippen molar-refractivity contribution in [2.45, 2.75) is 44.2 Å². The summed E-state index contributed by atoms with van der Waals surface area (Å²) in [6.45, 7) is 0. The summed E-state index contributed by atoms with van der Waals surface area (Å²) in [5.41, 5.74) is 6.92. The van der Waals surface area contributed by atoms with E-state index >= 15 is 0 Å². The smallest absolute Gasteiger partial charge is 0.382 e. The zero-order chi connectivity index (χ0) is 20.2. The lowest BCUT2D eigenvalue weighted by Gasteiger charge is -2.19. The van der Waals surface area contributed by atoms with Crippen molar-refractivity contribution in [2.24, 2.45) is 0 Å². The Labute approximate surface area is 164 Å². The number of nitrogens with one attached hydrogen (secondary N) is 1. The van der Waals surface area contributed by atoms with Crippen LogP contribution >= 0.6 is 0 Å². The Bertz CT molecular complexity index is 1200. The van der Waals surface area contributed by atoms with E-state index in [0.29, 0.717) is 22.3 Å². The van der Waals surface area contributed by atoms with Crippen LogP contribution < -0.4 is 5.73 Å². The second kappa shape index (κ2) is 6.47. The van der Waals surface area contributed by atoms with Gasteiger partial charge in [-0.05, 0) is 25.0 Å². The molecule has 0 amide bonds. The molecule has 1 fully saturated rings. The summed E-state index contributed by atoms with van der Waals surface area (Å²) in [5, 5.41) is 4.81. The standard InChI is InChI=1S/C20H19F3N6/c21-20(22,23)13-8-4-7-12-9-14(27-15(12)13)16-17-18(24)25-10-26-29(17)19(28-16)11-5-2-1-3-6-11/h4,7-11,27H,1-3,5-6H2,(H2,24,25,26). The lowest BCUT2D eigenvalue weighted by atomic mass is 9.89. The molecular formula is C20H19F3N6. The van der Waals surface area contributed by atoms with Crippen molar-refractivity contribution in [1.82, 2.24) is 24.6 Å². The Morgan fingerprint density at radius 3 is 2.69 bits per heavy atom. The van der Waals surface area contributed by atoms with Crippen molar-refractivity contribution in [3.05, 3.63) is 42.0 Å². The van der Waals surface area contributed by atoms with Crippen LogP contribution in [0.25, 0.3) is 27.8 Å². The number of para-hydroxylation sites is 1. The summed E-state index contributed by atoms with van der Waals surface area (Å²) in [4.78, 5) is 11.8. The molecule has 1 aliphatic carbocycles. The number of alkyl halides is 3. The van der Waals surface area contributed by atoms with Crippen LogP contribution in [0.5, 0.6) is 0 Å². The molecule has 29 heavy (non-hydrogen) atoms. The van der Waals surface area contributed by atoms with Gasteiger partial charge in [0.25, 0.3) is 0 Å². The van der Waals surface area contributed by atoms with Crippen LogP contribution in [-0.2, 0) is 6.18 Å². The average Bonchev–Trinajstić information content (AvgIpc) is 3.30. The number of anilines is 1. The maximum absolute atomic E-state index is 13.4. The van der Waals surface area contributed by atoms with Crippen molar-refractivity contribution in [3.8, 4) is 11.4 Å². The molecule has 1 saturated carbocycles. The normalized spacial score (nSPS) is 16.1. The zero-order valence-corrected chi connectivity index (χ0v) is 15.5. The number of nitrogens with two attached hydrogens (primary N) is 1. The molecule has 3 N–H and O–H groups in total. The van der Waals surface area contributed by atoms with E-state index < -0.39 is 11.7 Å². The van der Waals surface area contributed by atoms with Gasteiger partial charge in [0.15, 0.2) is 5.82 Å². The van der Waals surface area contributed by atoms with E-state index in [4.69, 9.17) is 10.7 Å². The van der Waals surface area contributed by atoms with Gasteiger partial charge in [0.05, 0.1) is 16.8 Å². The van der Waals surface area contributed by atoms with Gasteiger partial charge in [-0.25, -0.2) is 14.5 Å². The molecule has 0 aliphatic heterocycles. The Balaban J connectivity index is 1.73. The second-order valence-electron chi connectivity index (χ2n) is 7.51. The van der Waals surface area contributed by atoms with Gasteiger partial charge in [-0.3, -0.25) is 0 Å². The fraction of sp³-hybridized carbons (Fsp3) is 0.350. The SMILES string of the molecule is Nc1ncnn2c(C3CCCCC3)nc(-c3cc4cccc(C(F)(F)F)c4[nH]3)c12. The molecule has 0 spiro atoms. The van der Waals surface area contributed by atoms with E-state index in [1.165, 1.54) is 18.8 Å². The summed E-state index contributed by atoms with van der Waals surface area (Å²) in [6, 6.07) is 5.78. The Morgan fingerprint density at radius 1 is 1.14 bits per heavy atom. The number of imidazole rings is 1. The highest BCUT2D eigenvalue weighted by molar-refractivity contribution is 5.92. The predicted octanol–water partition coefficient (Wildman–Crippen LogP) is 4.92. The van der Waals surface area contributed by atoms with Gasteiger partial charge in [-0.1, -0.05) is 31.4 Å². The first-order valence-corrected chi connectivity index (χ1v) is 9.62. The molecule has 0 radical (unpaired) electrons. The number of aromatic amines is 1. The topological polar surface area (TPSA) is 84.9 Å². The monoisotopic (exact) mass is 400 g/mol. The Hall–Kier alpha value is -3.10. The van der Waals surface area contributed by atoms with E-state index in [2.05, 4.69) is 15.1 Å². The Morgan fingerprint density at radius 2 is 1.93 bits per heavy atom. The summed E-state index contributed by atoms with van der Waals surface area (Å²) < 4.78 is 41.9. The van der Waals surface area contributed by atoms with Crippen molar-refractivity contribution in [2.75, 3.05) is 5.73 Å². The fourth-order valence-corrected chi connectivity index (χ4v) is 4.31. The molecule has 4 aromatic rings. The molecule has 6 nitrogen and oxygen atoms in total. The molecule has 3 aromatic heterocycles. The van der Waals surface area contributed by atoms with Crippen molar-refractivity contribution in [3.63, 3.8) is 0 Å². The molecule has 0 saturated heterocycles. The van der Waals surface area contributed by atoms with Gasteiger partial charge in [0.1, 0.15) is 23.4 Å². The van der Waals surface area contributed by atoms with Gasteiger partial charge >= 0.3 is 6.18 Å². The van der Waals surface area contributed by atoms with E-state index in [1.54, 1.807) is 16.6 Å². The predicted molar refractivity (Wildman–Crippen MR) is 103 cm³/mol. The molecule has 1 aromatic carbocycles. The summed E-state index contributed by atoms with van der Waals surface area (Å²) in [7, 11) is 0. The minimum Gasteiger partial charge on any atom is -0.382 e. The number of benzene rings is 1. The molecule has 0 bridgehead atoms. The van der Waals surface area contributed by atoms with Crippen LogP contribution in [0.3, 0.4) is 0 Å². The van der Waals surface area contributed by atoms with Gasteiger partial charge < -0.3 is 10.7 Å². The number of nitrogen functional groups attached to an aromatic ring is 1. The highest BCUT2D eigenvalue weighted by Crippen LogP contribution is 2.39. The lowest BCUT2D eigenvalue weighted by Crippen LogP contribution is -2.10. The number of fused-ring (bicyclic) bond motifs is 2. The molecule has 5 rings (SSSR count). The van der Waals surface area contributed by atoms with Crippen molar-refractivity contribution < 1.29 is 13.2 Å². The first-order chi connectivity index (χ1) is 13.9. The number of aromatic nitrogens is 5. The largest absolute Gasteiger partial charge is 0.418 e. The quantitative estimate of drug-likeness (QED) is 0.500. The first-order valence-electron chi connectivity index (χ1n) is 9.62. The molecule has 1 aliphatic rings. The van der Waals surface area contributed by atoms with E-state index in [9.17, 15) is 13.2 Å². The molecule has 150 valence electrons. The number of H-pyrrole nitrogens is 1. The highest BCUT2D eigenvalue weighted by Gasteiger charge is 2.33. The van der Waals surface area contributed by atoms with Gasteiger partial charge in [-0.15, -0.1) is 0 Å². The van der Waals surface area contributed by atoms with Crippen molar-refractivity contribution >= 4 is 22.2 Å². The van der Waals surface area contributed by atoms with Crippen LogP contribution in [0.15, 0.2) is 30.6 Å². The van der Waals surface area contributed by atoms with Gasteiger partial charge in [0, 0.05) is 11.3 Å². The maximum Gasteiger partial charge on any atom is 0.418 e. The molecule has 0 unspecified atom stereocenters. The van der Waals surface area contributed by atoms with E-state index in [-0.39, 0.29) is 17.3 Å². The van der Waals surface area contributed by atoms with Gasteiger partial charge in [-0.2, -0.15) is 18.3 Å². The van der Waals surface area contributed by atoms with Crippen LogP contribution in [0.1, 0.15) is 49.4 Å². The zero-order valence-electron chi connectivity index (χ0n) is 15.5. The Kier molecular flexibility index (Phi) is 4.01. The number of rotatable bonds is 2. The third-order valence-corrected chi connectivity index (χ3v) is 5.67. The van der Waals surface area contributed by atoms with Crippen LogP contribution in [0.4, 0.5) is 19.0 Å². The molecular weight excluding hydrogens is 381 g/mol. The lowest BCUT2D eigenvalue weighted by molar-refractivity contribution is -0.136. The number of hydrogen-bond acceptors (Lipinski definition) is 4. The molecule has 0 atom stereocenters. The van der Waals surface area contributed by atoms with E-state index in [1.807, 2.05) is 0 Å².